The molecule has 40 heavy (non-hydrogen) atoms. The molecule has 2 aliphatic heterocycles. The van der Waals surface area contributed by atoms with Crippen molar-refractivity contribution in [1.82, 2.24) is 9.55 Å². The van der Waals surface area contributed by atoms with Crippen LogP contribution in [0.3, 0.4) is 0 Å². The van der Waals surface area contributed by atoms with Gasteiger partial charge in [0.25, 0.3) is 11.8 Å². The number of amides is 2. The summed E-state index contributed by atoms with van der Waals surface area (Å²) in [6, 6.07) is 16.0. The van der Waals surface area contributed by atoms with Crippen molar-refractivity contribution >= 4 is 46.4 Å². The minimum Gasteiger partial charge on any atom is -0.434 e. The molecule has 11 heteroatoms. The molecule has 0 aliphatic carbocycles. The van der Waals surface area contributed by atoms with E-state index in [1.807, 2.05) is 20.8 Å². The smallest absolute Gasteiger partial charge is 0.387 e. The highest BCUT2D eigenvalue weighted by Gasteiger charge is 2.64. The molecule has 0 unspecified atom stereocenters. The van der Waals surface area contributed by atoms with Crippen LogP contribution in [0.2, 0.25) is 10.0 Å². The standard InChI is InChI=1S/C29H22Cl2F2N4O3/c1-14(2)36-24-23(35-25(36)18-6-4-5-7-22(18)40-28(32)33)26(38)37(21-13-17(31)9-8-15(21)3)29(24)19-11-10-16(30)12-20(19)34-27(29)39/h4-14,28H,1-3H3,(H,34,39)/t29-/m0/s1. The van der Waals surface area contributed by atoms with E-state index in [4.69, 9.17) is 32.9 Å². The lowest BCUT2D eigenvalue weighted by molar-refractivity contribution is -0.119. The number of nitrogens with one attached hydrogen (secondary N) is 1. The number of nitrogens with zero attached hydrogens (tertiary/aromatic N) is 3. The van der Waals surface area contributed by atoms with Gasteiger partial charge in [-0.1, -0.05) is 47.5 Å². The Morgan fingerprint density at radius 1 is 1.00 bits per heavy atom. The van der Waals surface area contributed by atoms with Crippen molar-refractivity contribution in [2.45, 2.75) is 39.0 Å². The first kappa shape index (κ1) is 26.3. The molecule has 3 heterocycles. The zero-order valence-electron chi connectivity index (χ0n) is 21.5. The van der Waals surface area contributed by atoms with E-state index in [-0.39, 0.29) is 28.9 Å². The van der Waals surface area contributed by atoms with Gasteiger partial charge >= 0.3 is 6.61 Å². The Hall–Kier alpha value is -3.95. The molecule has 0 radical (unpaired) electrons. The SMILES string of the molecule is Cc1ccc(Cl)cc1N1C(=O)c2nc(-c3ccccc3OC(F)F)n(C(C)C)c2[C@@]12C(=O)Nc1cc(Cl)ccc12. The number of para-hydroxylation sites is 1. The lowest BCUT2D eigenvalue weighted by Gasteiger charge is -2.36. The van der Waals surface area contributed by atoms with Gasteiger partial charge in [0.05, 0.1) is 16.9 Å². The van der Waals surface area contributed by atoms with Crippen molar-refractivity contribution < 1.29 is 23.1 Å². The third-order valence-electron chi connectivity index (χ3n) is 7.22. The van der Waals surface area contributed by atoms with Crippen molar-refractivity contribution in [2.75, 3.05) is 10.2 Å². The minimum atomic E-state index is -3.07. The van der Waals surface area contributed by atoms with E-state index >= 15 is 0 Å². The molecule has 1 aromatic heterocycles. The van der Waals surface area contributed by atoms with Crippen molar-refractivity contribution in [3.8, 4) is 17.1 Å². The largest absolute Gasteiger partial charge is 0.434 e. The van der Waals surface area contributed by atoms with E-state index in [1.165, 1.54) is 11.0 Å². The molecule has 1 spiro atoms. The molecule has 3 aromatic carbocycles. The normalized spacial score (nSPS) is 17.7. The fraction of sp³-hybridized carbons (Fsp3) is 0.207. The number of hydrogen-bond acceptors (Lipinski definition) is 4. The number of benzene rings is 3. The van der Waals surface area contributed by atoms with Crippen LogP contribution in [0.1, 0.15) is 47.2 Å². The quantitative estimate of drug-likeness (QED) is 0.270. The Bertz CT molecular complexity index is 1720. The predicted molar refractivity (Wildman–Crippen MR) is 149 cm³/mol. The van der Waals surface area contributed by atoms with Crippen LogP contribution in [-0.4, -0.2) is 28.0 Å². The van der Waals surface area contributed by atoms with Crippen LogP contribution in [0.4, 0.5) is 20.2 Å². The van der Waals surface area contributed by atoms with Crippen molar-refractivity contribution in [3.05, 3.63) is 93.2 Å². The molecule has 1 atom stereocenters. The summed E-state index contributed by atoms with van der Waals surface area (Å²) < 4.78 is 33.2. The first-order valence-electron chi connectivity index (χ1n) is 12.4. The van der Waals surface area contributed by atoms with Gasteiger partial charge in [-0.05, 0) is 62.7 Å². The lowest BCUT2D eigenvalue weighted by Crippen LogP contribution is -2.51. The monoisotopic (exact) mass is 582 g/mol. The van der Waals surface area contributed by atoms with Gasteiger partial charge in [0.2, 0.25) is 0 Å². The minimum absolute atomic E-state index is 0.0212. The van der Waals surface area contributed by atoms with E-state index in [0.29, 0.717) is 38.2 Å². The number of anilines is 2. The van der Waals surface area contributed by atoms with E-state index in [9.17, 15) is 18.4 Å². The van der Waals surface area contributed by atoms with Gasteiger partial charge in [-0.3, -0.25) is 14.5 Å². The van der Waals surface area contributed by atoms with Crippen LogP contribution in [0.25, 0.3) is 11.4 Å². The number of carbonyl (C=O) groups excluding carboxylic acids is 2. The summed E-state index contributed by atoms with van der Waals surface area (Å²) >= 11 is 12.7. The van der Waals surface area contributed by atoms with Crippen LogP contribution in [0.5, 0.6) is 5.75 Å². The highest BCUT2D eigenvalue weighted by molar-refractivity contribution is 6.32. The average Bonchev–Trinajstić information content (AvgIpc) is 3.49. The highest BCUT2D eigenvalue weighted by Crippen LogP contribution is 2.55. The Morgan fingerprint density at radius 2 is 1.70 bits per heavy atom. The van der Waals surface area contributed by atoms with Crippen LogP contribution >= 0.6 is 23.2 Å². The van der Waals surface area contributed by atoms with Gasteiger partial charge in [-0.25, -0.2) is 4.98 Å². The van der Waals surface area contributed by atoms with Gasteiger partial charge in [0, 0.05) is 27.3 Å². The first-order chi connectivity index (χ1) is 19.0. The summed E-state index contributed by atoms with van der Waals surface area (Å²) in [6.07, 6.45) is 0. The number of rotatable bonds is 5. The molecular weight excluding hydrogens is 561 g/mol. The maximum atomic E-state index is 14.4. The van der Waals surface area contributed by atoms with E-state index in [0.717, 1.165) is 0 Å². The molecule has 0 fully saturated rings. The topological polar surface area (TPSA) is 76.5 Å². The third kappa shape index (κ3) is 3.64. The summed E-state index contributed by atoms with van der Waals surface area (Å²) in [7, 11) is 0. The number of ether oxygens (including phenoxy) is 1. The number of halogens is 4. The molecule has 204 valence electrons. The number of hydrogen-bond donors (Lipinski definition) is 1. The summed E-state index contributed by atoms with van der Waals surface area (Å²) in [5.41, 5.74) is 1.00. The van der Waals surface area contributed by atoms with E-state index in [1.54, 1.807) is 59.2 Å². The molecule has 4 aromatic rings. The molecular formula is C29H22Cl2F2N4O3. The second kappa shape index (κ2) is 9.31. The van der Waals surface area contributed by atoms with Crippen LogP contribution in [-0.2, 0) is 10.3 Å². The Morgan fingerprint density at radius 3 is 2.42 bits per heavy atom. The molecule has 6 rings (SSSR count). The van der Waals surface area contributed by atoms with E-state index in [2.05, 4.69) is 5.32 Å². The fourth-order valence-corrected chi connectivity index (χ4v) is 6.01. The maximum absolute atomic E-state index is 14.4. The van der Waals surface area contributed by atoms with Gasteiger partial charge in [0.1, 0.15) is 11.6 Å². The number of imidazole rings is 1. The fourth-order valence-electron chi connectivity index (χ4n) is 5.68. The van der Waals surface area contributed by atoms with E-state index < -0.39 is 24.0 Å². The van der Waals surface area contributed by atoms with Crippen LogP contribution in [0, 0.1) is 6.92 Å². The average molecular weight is 583 g/mol. The van der Waals surface area contributed by atoms with Crippen molar-refractivity contribution in [2.24, 2.45) is 0 Å². The van der Waals surface area contributed by atoms with Gasteiger partial charge < -0.3 is 14.6 Å². The van der Waals surface area contributed by atoms with Gasteiger partial charge in [0.15, 0.2) is 11.2 Å². The molecule has 2 aliphatic rings. The summed E-state index contributed by atoms with van der Waals surface area (Å²) in [5.74, 6) is -0.898. The Kier molecular flexibility index (Phi) is 6.12. The molecule has 1 N–H and O–H groups in total. The first-order valence-corrected chi connectivity index (χ1v) is 13.2. The third-order valence-corrected chi connectivity index (χ3v) is 7.69. The summed E-state index contributed by atoms with van der Waals surface area (Å²) in [5, 5.41) is 3.69. The molecule has 0 saturated carbocycles. The van der Waals surface area contributed by atoms with Gasteiger partial charge in [-0.2, -0.15) is 8.78 Å². The van der Waals surface area contributed by atoms with Crippen molar-refractivity contribution in [1.29, 1.82) is 0 Å². The Balaban J connectivity index is 1.72. The zero-order valence-corrected chi connectivity index (χ0v) is 23.0. The molecule has 2 amide bonds. The molecule has 7 nitrogen and oxygen atoms in total. The maximum Gasteiger partial charge on any atom is 0.387 e. The lowest BCUT2D eigenvalue weighted by atomic mass is 9.86. The van der Waals surface area contributed by atoms with Crippen molar-refractivity contribution in [3.63, 3.8) is 0 Å². The number of aryl methyl sites for hydroxylation is 1. The Labute approximate surface area is 238 Å². The molecule has 0 bridgehead atoms. The van der Waals surface area contributed by atoms with Gasteiger partial charge in [-0.15, -0.1) is 0 Å². The number of alkyl halides is 2. The van der Waals surface area contributed by atoms with Crippen LogP contribution in [0.15, 0.2) is 60.7 Å². The predicted octanol–water partition coefficient (Wildman–Crippen LogP) is 7.20. The second-order valence-corrected chi connectivity index (χ2v) is 10.8. The highest BCUT2D eigenvalue weighted by atomic mass is 35.5. The second-order valence-electron chi connectivity index (χ2n) is 9.90. The van der Waals surface area contributed by atoms with Crippen LogP contribution < -0.4 is 15.0 Å². The number of fused-ring (bicyclic) bond motifs is 4. The summed E-state index contributed by atoms with van der Waals surface area (Å²) in [4.78, 5) is 34.8. The zero-order chi connectivity index (χ0) is 28.5. The number of aromatic nitrogens is 2. The number of carbonyl (C=O) groups is 2. The molecule has 0 saturated heterocycles. The summed E-state index contributed by atoms with van der Waals surface area (Å²) in [6.45, 7) is 2.48.